The van der Waals surface area contributed by atoms with E-state index in [9.17, 15) is 4.79 Å². The lowest BCUT2D eigenvalue weighted by Crippen LogP contribution is -2.50. The van der Waals surface area contributed by atoms with Gasteiger partial charge in [0.2, 0.25) is 5.91 Å². The van der Waals surface area contributed by atoms with E-state index in [0.717, 1.165) is 88.7 Å². The highest BCUT2D eigenvalue weighted by Gasteiger charge is 2.27. The molecule has 0 spiro atoms. The van der Waals surface area contributed by atoms with Crippen LogP contribution in [0.5, 0.6) is 0 Å². The van der Waals surface area contributed by atoms with Crippen molar-refractivity contribution in [3.8, 4) is 0 Å². The van der Waals surface area contributed by atoms with Crippen molar-refractivity contribution in [2.24, 2.45) is 0 Å². The molecule has 1 amide bonds. The zero-order chi connectivity index (χ0) is 18.4. The molecule has 3 heterocycles. The third-order valence-corrected chi connectivity index (χ3v) is 5.74. The van der Waals surface area contributed by atoms with Gasteiger partial charge in [-0.15, -0.1) is 0 Å². The van der Waals surface area contributed by atoms with Crippen molar-refractivity contribution in [3.63, 3.8) is 0 Å². The molecule has 2 aliphatic heterocycles. The lowest BCUT2D eigenvalue weighted by molar-refractivity contribution is -0.132. The van der Waals surface area contributed by atoms with E-state index in [0.29, 0.717) is 6.04 Å². The number of furan rings is 1. The number of amides is 1. The fourth-order valence-electron chi connectivity index (χ4n) is 3.97. The number of halogens is 1. The summed E-state index contributed by atoms with van der Waals surface area (Å²) >= 11 is 3.36. The van der Waals surface area contributed by atoms with Crippen LogP contribution in [0.15, 0.2) is 21.2 Å². The van der Waals surface area contributed by atoms with Crippen LogP contribution in [-0.2, 0) is 16.1 Å². The van der Waals surface area contributed by atoms with Gasteiger partial charge in [-0.25, -0.2) is 0 Å². The molecule has 1 unspecified atom stereocenters. The standard InChI is InChI=1S/C19H30BrN3O3/c1-16(24)23(9-3-8-21-10-12-25-13-11-21)17-4-2-7-22(14-17)15-18-5-6-19(20)26-18/h5-6,17H,2-4,7-15H2,1H3. The summed E-state index contributed by atoms with van der Waals surface area (Å²) in [5.74, 6) is 1.17. The highest BCUT2D eigenvalue weighted by atomic mass is 79.9. The van der Waals surface area contributed by atoms with Crippen LogP contribution < -0.4 is 0 Å². The molecule has 0 radical (unpaired) electrons. The molecular weight excluding hydrogens is 398 g/mol. The van der Waals surface area contributed by atoms with E-state index in [-0.39, 0.29) is 5.91 Å². The van der Waals surface area contributed by atoms with Gasteiger partial charge in [-0.3, -0.25) is 14.6 Å². The molecule has 6 nitrogen and oxygen atoms in total. The van der Waals surface area contributed by atoms with Gasteiger partial charge in [0.05, 0.1) is 19.8 Å². The summed E-state index contributed by atoms with van der Waals surface area (Å²) in [6, 6.07) is 4.26. The second-order valence-corrected chi connectivity index (χ2v) is 8.04. The second kappa shape index (κ2) is 9.88. The summed E-state index contributed by atoms with van der Waals surface area (Å²) < 4.78 is 11.8. The average molecular weight is 428 g/mol. The fraction of sp³-hybridized carbons (Fsp3) is 0.737. The molecule has 0 N–H and O–H groups in total. The third-order valence-electron chi connectivity index (χ3n) is 5.31. The molecule has 1 aromatic rings. The van der Waals surface area contributed by atoms with Crippen LogP contribution in [0.3, 0.4) is 0 Å². The van der Waals surface area contributed by atoms with Crippen molar-refractivity contribution < 1.29 is 13.9 Å². The van der Waals surface area contributed by atoms with E-state index >= 15 is 0 Å². The van der Waals surface area contributed by atoms with E-state index in [4.69, 9.17) is 9.15 Å². The maximum absolute atomic E-state index is 12.2. The van der Waals surface area contributed by atoms with Crippen molar-refractivity contribution in [3.05, 3.63) is 22.6 Å². The average Bonchev–Trinajstić information content (AvgIpc) is 3.04. The minimum atomic E-state index is 0.194. The largest absolute Gasteiger partial charge is 0.453 e. The van der Waals surface area contributed by atoms with Crippen molar-refractivity contribution >= 4 is 21.8 Å². The molecule has 2 aliphatic rings. The Hall–Kier alpha value is -0.890. The van der Waals surface area contributed by atoms with Crippen molar-refractivity contribution in [1.29, 1.82) is 0 Å². The zero-order valence-electron chi connectivity index (χ0n) is 15.7. The Morgan fingerprint density at radius 3 is 2.77 bits per heavy atom. The van der Waals surface area contributed by atoms with Crippen LogP contribution in [0, 0.1) is 0 Å². The molecule has 26 heavy (non-hydrogen) atoms. The molecule has 0 bridgehead atoms. The first-order valence-corrected chi connectivity index (χ1v) is 10.4. The number of likely N-dealkylation sites (tertiary alicyclic amines) is 1. The lowest BCUT2D eigenvalue weighted by atomic mass is 10.0. The molecular formula is C19H30BrN3O3. The number of ether oxygens (including phenoxy) is 1. The molecule has 1 atom stereocenters. The predicted molar refractivity (Wildman–Crippen MR) is 104 cm³/mol. The maximum Gasteiger partial charge on any atom is 0.219 e. The first-order valence-electron chi connectivity index (χ1n) is 9.65. The topological polar surface area (TPSA) is 49.2 Å². The van der Waals surface area contributed by atoms with E-state index < -0.39 is 0 Å². The van der Waals surface area contributed by atoms with Gasteiger partial charge in [-0.2, -0.15) is 0 Å². The van der Waals surface area contributed by atoms with Gasteiger partial charge in [-0.05, 0) is 53.9 Å². The third kappa shape index (κ3) is 5.81. The predicted octanol–water partition coefficient (Wildman–Crippen LogP) is 2.58. The van der Waals surface area contributed by atoms with E-state index in [1.54, 1.807) is 6.92 Å². The summed E-state index contributed by atoms with van der Waals surface area (Å²) in [4.78, 5) is 19.2. The van der Waals surface area contributed by atoms with Gasteiger partial charge in [-0.1, -0.05) is 0 Å². The Morgan fingerprint density at radius 2 is 2.08 bits per heavy atom. The summed E-state index contributed by atoms with van der Waals surface area (Å²) in [5.41, 5.74) is 0. The van der Waals surface area contributed by atoms with Crippen LogP contribution in [0.2, 0.25) is 0 Å². The summed E-state index contributed by atoms with van der Waals surface area (Å²) in [6.45, 7) is 10.1. The normalized spacial score (nSPS) is 22.5. The van der Waals surface area contributed by atoms with Gasteiger partial charge in [0, 0.05) is 45.7 Å². The number of rotatable bonds is 7. The number of hydrogen-bond acceptors (Lipinski definition) is 5. The number of nitrogens with zero attached hydrogens (tertiary/aromatic N) is 3. The maximum atomic E-state index is 12.2. The Balaban J connectivity index is 1.48. The van der Waals surface area contributed by atoms with Gasteiger partial charge >= 0.3 is 0 Å². The summed E-state index contributed by atoms with van der Waals surface area (Å²) in [7, 11) is 0. The molecule has 0 aliphatic carbocycles. The van der Waals surface area contributed by atoms with Crippen LogP contribution in [-0.4, -0.2) is 79.1 Å². The van der Waals surface area contributed by atoms with Crippen LogP contribution in [0.4, 0.5) is 0 Å². The Labute approximate surface area is 164 Å². The Morgan fingerprint density at radius 1 is 1.27 bits per heavy atom. The van der Waals surface area contributed by atoms with Crippen molar-refractivity contribution in [2.45, 2.75) is 38.8 Å². The number of morpholine rings is 1. The van der Waals surface area contributed by atoms with Crippen LogP contribution >= 0.6 is 15.9 Å². The van der Waals surface area contributed by atoms with Crippen molar-refractivity contribution in [1.82, 2.24) is 14.7 Å². The monoisotopic (exact) mass is 427 g/mol. The first kappa shape index (κ1) is 19.9. The summed E-state index contributed by atoms with van der Waals surface area (Å²) in [6.07, 6.45) is 3.25. The molecule has 3 rings (SSSR count). The van der Waals surface area contributed by atoms with Gasteiger partial charge in [0.15, 0.2) is 4.67 Å². The quantitative estimate of drug-likeness (QED) is 0.668. The second-order valence-electron chi connectivity index (χ2n) is 7.26. The minimum Gasteiger partial charge on any atom is -0.453 e. The number of piperidine rings is 1. The lowest BCUT2D eigenvalue weighted by Gasteiger charge is -2.39. The van der Waals surface area contributed by atoms with Crippen LogP contribution in [0.1, 0.15) is 31.9 Å². The van der Waals surface area contributed by atoms with E-state index in [2.05, 4.69) is 30.6 Å². The molecule has 7 heteroatoms. The fourth-order valence-corrected chi connectivity index (χ4v) is 4.31. The number of carbonyl (C=O) groups is 1. The minimum absolute atomic E-state index is 0.194. The first-order chi connectivity index (χ1) is 12.6. The Bertz CT molecular complexity index is 574. The molecule has 1 aromatic heterocycles. The number of carbonyl (C=O) groups excluding carboxylic acids is 1. The smallest absolute Gasteiger partial charge is 0.219 e. The SMILES string of the molecule is CC(=O)N(CCCN1CCOCC1)C1CCCN(Cc2ccc(Br)o2)C1. The van der Waals surface area contributed by atoms with E-state index in [1.165, 1.54) is 0 Å². The van der Waals surface area contributed by atoms with Crippen LogP contribution in [0.25, 0.3) is 0 Å². The van der Waals surface area contributed by atoms with E-state index in [1.807, 2.05) is 12.1 Å². The highest BCUT2D eigenvalue weighted by molar-refractivity contribution is 9.10. The van der Waals surface area contributed by atoms with Gasteiger partial charge in [0.25, 0.3) is 0 Å². The zero-order valence-corrected chi connectivity index (χ0v) is 17.2. The molecule has 146 valence electrons. The van der Waals surface area contributed by atoms with Gasteiger partial charge in [0.1, 0.15) is 5.76 Å². The summed E-state index contributed by atoms with van der Waals surface area (Å²) in [5, 5.41) is 0. The van der Waals surface area contributed by atoms with Gasteiger partial charge < -0.3 is 14.1 Å². The van der Waals surface area contributed by atoms with Crippen molar-refractivity contribution in [2.75, 3.05) is 52.5 Å². The molecule has 2 saturated heterocycles. The Kier molecular flexibility index (Phi) is 7.54. The molecule has 2 fully saturated rings. The number of hydrogen-bond donors (Lipinski definition) is 0. The molecule has 0 saturated carbocycles. The molecule has 0 aromatic carbocycles. The highest BCUT2D eigenvalue weighted by Crippen LogP contribution is 2.21.